The van der Waals surface area contributed by atoms with Gasteiger partial charge in [0, 0.05) is 18.0 Å². The van der Waals surface area contributed by atoms with E-state index in [1.165, 1.54) is 6.20 Å². The molecule has 3 aromatic rings. The Morgan fingerprint density at radius 1 is 1.00 bits per heavy atom. The molecule has 0 aliphatic rings. The number of nitrogens with one attached hydrogen (secondary N) is 1. The van der Waals surface area contributed by atoms with Crippen LogP contribution in [0.15, 0.2) is 47.8 Å². The minimum absolute atomic E-state index is 0.179. The number of anilines is 1. The summed E-state index contributed by atoms with van der Waals surface area (Å²) >= 11 is 0. The molecule has 1 amide bonds. The molecule has 2 heterocycles. The van der Waals surface area contributed by atoms with Gasteiger partial charge in [0.25, 0.3) is 0 Å². The van der Waals surface area contributed by atoms with Gasteiger partial charge in [-0.25, -0.2) is 18.4 Å². The lowest BCUT2D eigenvalue weighted by Crippen LogP contribution is -2.43. The number of aromatic nitrogens is 3. The van der Waals surface area contributed by atoms with Crippen LogP contribution in [0.1, 0.15) is 52.7 Å². The molecule has 0 unspecified atom stereocenters. The molecule has 36 heavy (non-hydrogen) atoms. The number of fused-ring (bicyclic) bond motifs is 1. The van der Waals surface area contributed by atoms with E-state index >= 15 is 0 Å². The van der Waals surface area contributed by atoms with Crippen LogP contribution in [0.2, 0.25) is 16.6 Å². The molecular formula is C27H34N4O3SSi. The Morgan fingerprint density at radius 2 is 1.61 bits per heavy atom. The zero-order valence-corrected chi connectivity index (χ0v) is 23.8. The first-order valence-corrected chi connectivity index (χ1v) is 16.2. The standard InChI is InChI=1S/C27H34N4O3SSi/c1-18(2)36(19(3)4,20(5)6)14-13-22-16-24(29-25(32)15-21-11-9-8-10-12-21)30-26-23(22)17-28-27(31-26)35(7,33)34/h8-12,16-20H,15H2,1-7H3,(H,28,29,30,31,32). The Hall–Kier alpha value is -3.09. The van der Waals surface area contributed by atoms with E-state index in [2.05, 4.69) is 73.3 Å². The van der Waals surface area contributed by atoms with Crippen molar-refractivity contribution in [2.75, 3.05) is 11.6 Å². The van der Waals surface area contributed by atoms with Gasteiger partial charge >= 0.3 is 0 Å². The fraction of sp³-hybridized carbons (Fsp3) is 0.407. The van der Waals surface area contributed by atoms with Crippen LogP contribution in [0.5, 0.6) is 0 Å². The van der Waals surface area contributed by atoms with Crippen LogP contribution in [0.25, 0.3) is 11.0 Å². The third-order valence-electron chi connectivity index (χ3n) is 6.63. The van der Waals surface area contributed by atoms with E-state index < -0.39 is 17.9 Å². The molecule has 2 aromatic heterocycles. The maximum absolute atomic E-state index is 12.7. The SMILES string of the molecule is CC(C)[Si](C#Cc1cc(NC(=O)Cc2ccccc2)nc2nc(S(C)(=O)=O)ncc12)(C(C)C)C(C)C. The minimum Gasteiger partial charge on any atom is -0.310 e. The molecule has 0 aliphatic carbocycles. The number of rotatable bonds is 7. The Balaban J connectivity index is 2.14. The highest BCUT2D eigenvalue weighted by molar-refractivity contribution is 7.90. The van der Waals surface area contributed by atoms with Crippen LogP contribution >= 0.6 is 0 Å². The summed E-state index contributed by atoms with van der Waals surface area (Å²) in [6, 6.07) is 11.1. The number of amides is 1. The van der Waals surface area contributed by atoms with Crippen molar-refractivity contribution in [3.63, 3.8) is 0 Å². The van der Waals surface area contributed by atoms with E-state index in [4.69, 9.17) is 0 Å². The molecule has 0 atom stereocenters. The largest absolute Gasteiger partial charge is 0.310 e. The quantitative estimate of drug-likeness (QED) is 0.261. The molecule has 0 saturated carbocycles. The Kier molecular flexibility index (Phi) is 8.32. The normalized spacial score (nSPS) is 12.2. The maximum Gasteiger partial charge on any atom is 0.248 e. The van der Waals surface area contributed by atoms with Gasteiger partial charge in [-0.1, -0.05) is 77.8 Å². The van der Waals surface area contributed by atoms with E-state index in [9.17, 15) is 13.2 Å². The van der Waals surface area contributed by atoms with Crippen molar-refractivity contribution in [1.29, 1.82) is 0 Å². The predicted molar refractivity (Wildman–Crippen MR) is 147 cm³/mol. The van der Waals surface area contributed by atoms with Crippen molar-refractivity contribution in [2.24, 2.45) is 0 Å². The zero-order chi connectivity index (χ0) is 26.7. The van der Waals surface area contributed by atoms with Crippen LogP contribution in [0, 0.1) is 11.5 Å². The van der Waals surface area contributed by atoms with Gasteiger partial charge in [-0.15, -0.1) is 5.54 Å². The number of carbonyl (C=O) groups is 1. The van der Waals surface area contributed by atoms with Gasteiger partial charge in [0.15, 0.2) is 5.65 Å². The van der Waals surface area contributed by atoms with E-state index in [-0.39, 0.29) is 28.9 Å². The third-order valence-corrected chi connectivity index (χ3v) is 13.8. The lowest BCUT2D eigenvalue weighted by atomic mass is 10.1. The summed E-state index contributed by atoms with van der Waals surface area (Å²) < 4.78 is 24.1. The smallest absolute Gasteiger partial charge is 0.248 e. The summed E-state index contributed by atoms with van der Waals surface area (Å²) in [6.07, 6.45) is 2.69. The van der Waals surface area contributed by atoms with Gasteiger partial charge in [-0.2, -0.15) is 4.98 Å². The van der Waals surface area contributed by atoms with Gasteiger partial charge in [0.1, 0.15) is 13.9 Å². The van der Waals surface area contributed by atoms with Crippen molar-refractivity contribution < 1.29 is 13.2 Å². The second kappa shape index (κ2) is 10.9. The van der Waals surface area contributed by atoms with Gasteiger partial charge in [0.05, 0.1) is 11.8 Å². The van der Waals surface area contributed by atoms with E-state index in [1.807, 2.05) is 30.3 Å². The summed E-state index contributed by atoms with van der Waals surface area (Å²) in [5.74, 6) is 3.42. The molecule has 0 bridgehead atoms. The highest BCUT2D eigenvalue weighted by Gasteiger charge is 2.41. The average molecular weight is 523 g/mol. The summed E-state index contributed by atoms with van der Waals surface area (Å²) in [7, 11) is -5.68. The highest BCUT2D eigenvalue weighted by Crippen LogP contribution is 2.41. The zero-order valence-electron chi connectivity index (χ0n) is 22.0. The highest BCUT2D eigenvalue weighted by atomic mass is 32.2. The van der Waals surface area contributed by atoms with Gasteiger partial charge in [0.2, 0.25) is 20.9 Å². The second-order valence-electron chi connectivity index (χ2n) is 10.1. The third kappa shape index (κ3) is 5.99. The molecule has 190 valence electrons. The summed E-state index contributed by atoms with van der Waals surface area (Å²) in [4.78, 5) is 25.4. The van der Waals surface area contributed by atoms with Crippen LogP contribution in [0.3, 0.4) is 0 Å². The number of sulfone groups is 1. The fourth-order valence-electron chi connectivity index (χ4n) is 4.92. The Labute approximate surface area is 215 Å². The van der Waals surface area contributed by atoms with E-state index in [0.717, 1.165) is 11.8 Å². The Morgan fingerprint density at radius 3 is 2.17 bits per heavy atom. The number of hydrogen-bond donors (Lipinski definition) is 1. The van der Waals surface area contributed by atoms with E-state index in [1.54, 1.807) is 6.07 Å². The molecule has 1 N–H and O–H groups in total. The molecule has 9 heteroatoms. The topological polar surface area (TPSA) is 102 Å². The summed E-state index contributed by atoms with van der Waals surface area (Å²) in [6.45, 7) is 13.4. The molecule has 0 aliphatic heterocycles. The van der Waals surface area contributed by atoms with Crippen molar-refractivity contribution in [3.8, 4) is 11.5 Å². The number of carbonyl (C=O) groups excluding carboxylic acids is 1. The van der Waals surface area contributed by atoms with Crippen LogP contribution < -0.4 is 5.32 Å². The van der Waals surface area contributed by atoms with Crippen molar-refractivity contribution in [2.45, 2.75) is 69.7 Å². The first kappa shape index (κ1) is 27.5. The van der Waals surface area contributed by atoms with Crippen LogP contribution in [-0.2, 0) is 21.1 Å². The first-order chi connectivity index (χ1) is 16.8. The molecule has 3 rings (SSSR count). The summed E-state index contributed by atoms with van der Waals surface area (Å²) in [5.41, 5.74) is 6.68. The summed E-state index contributed by atoms with van der Waals surface area (Å²) in [5, 5.41) is 3.07. The molecule has 1 aromatic carbocycles. The molecule has 0 fully saturated rings. The van der Waals surface area contributed by atoms with E-state index in [0.29, 0.717) is 27.6 Å². The van der Waals surface area contributed by atoms with Gasteiger partial charge in [-0.3, -0.25) is 4.79 Å². The predicted octanol–water partition coefficient (Wildman–Crippen LogP) is 5.18. The van der Waals surface area contributed by atoms with Crippen LogP contribution in [-0.4, -0.2) is 43.6 Å². The maximum atomic E-state index is 12.7. The minimum atomic E-state index is -3.63. The lowest BCUT2D eigenvalue weighted by Gasteiger charge is -2.38. The van der Waals surface area contributed by atoms with Gasteiger partial charge < -0.3 is 5.32 Å². The number of hydrogen-bond acceptors (Lipinski definition) is 6. The number of nitrogens with zero attached hydrogens (tertiary/aromatic N) is 3. The molecular weight excluding hydrogens is 488 g/mol. The van der Waals surface area contributed by atoms with Crippen LogP contribution in [0.4, 0.5) is 5.82 Å². The molecule has 0 radical (unpaired) electrons. The molecule has 7 nitrogen and oxygen atoms in total. The Bertz CT molecular complexity index is 1400. The number of pyridine rings is 1. The average Bonchev–Trinajstić information content (AvgIpc) is 2.78. The second-order valence-corrected chi connectivity index (χ2v) is 17.6. The van der Waals surface area contributed by atoms with Crippen molar-refractivity contribution >= 4 is 40.7 Å². The first-order valence-electron chi connectivity index (χ1n) is 12.1. The molecule has 0 spiro atoms. The monoisotopic (exact) mass is 522 g/mol. The lowest BCUT2D eigenvalue weighted by molar-refractivity contribution is -0.115. The van der Waals surface area contributed by atoms with Gasteiger partial charge in [-0.05, 0) is 28.3 Å². The van der Waals surface area contributed by atoms with Crippen molar-refractivity contribution in [3.05, 3.63) is 53.7 Å². The van der Waals surface area contributed by atoms with Crippen molar-refractivity contribution in [1.82, 2.24) is 15.0 Å². The molecule has 0 saturated heterocycles. The number of benzene rings is 1. The fourth-order valence-corrected chi connectivity index (χ4v) is 10.6.